The van der Waals surface area contributed by atoms with E-state index in [9.17, 15) is 18.8 Å². The van der Waals surface area contributed by atoms with Crippen molar-refractivity contribution in [3.05, 3.63) is 90.2 Å². The number of anilines is 1. The molecule has 2 atom stereocenters. The first-order valence-electron chi connectivity index (χ1n) is 12.3. The van der Waals surface area contributed by atoms with E-state index in [1.165, 1.54) is 23.1 Å². The van der Waals surface area contributed by atoms with E-state index < -0.39 is 41.7 Å². The molecule has 0 aromatic heterocycles. The molecular formula is C29H30FN3O5. The maximum atomic E-state index is 14.0. The van der Waals surface area contributed by atoms with Gasteiger partial charge in [0.05, 0.1) is 23.8 Å². The molecule has 1 fully saturated rings. The number of nitrogens with zero attached hydrogens (tertiary/aromatic N) is 1. The maximum absolute atomic E-state index is 14.0. The first-order chi connectivity index (χ1) is 18.1. The van der Waals surface area contributed by atoms with Crippen molar-refractivity contribution >= 4 is 23.8 Å². The first kappa shape index (κ1) is 26.7. The summed E-state index contributed by atoms with van der Waals surface area (Å²) in [6.45, 7) is 5.30. The molecule has 198 valence electrons. The highest BCUT2D eigenvalue weighted by Crippen LogP contribution is 2.22. The van der Waals surface area contributed by atoms with Crippen LogP contribution in [0.1, 0.15) is 31.1 Å². The molecule has 0 aliphatic carbocycles. The highest BCUT2D eigenvalue weighted by molar-refractivity contribution is 5.91. The van der Waals surface area contributed by atoms with Crippen molar-refractivity contribution in [1.29, 1.82) is 0 Å². The molecule has 9 heteroatoms. The van der Waals surface area contributed by atoms with Gasteiger partial charge in [-0.15, -0.1) is 0 Å². The molecule has 0 saturated carbocycles. The molecular weight excluding hydrogens is 489 g/mol. The van der Waals surface area contributed by atoms with Crippen molar-refractivity contribution in [2.45, 2.75) is 38.5 Å². The van der Waals surface area contributed by atoms with Crippen molar-refractivity contribution < 1.29 is 28.2 Å². The van der Waals surface area contributed by atoms with Crippen LogP contribution in [0.25, 0.3) is 11.1 Å². The molecule has 0 bridgehead atoms. The molecule has 0 spiro atoms. The summed E-state index contributed by atoms with van der Waals surface area (Å²) >= 11 is 0. The molecule has 1 heterocycles. The summed E-state index contributed by atoms with van der Waals surface area (Å²) in [4.78, 5) is 39.7. The Bertz CT molecular complexity index is 1290. The Balaban J connectivity index is 1.46. The number of carbonyl (C=O) groups is 3. The summed E-state index contributed by atoms with van der Waals surface area (Å²) in [6, 6.07) is 21.0. The average Bonchev–Trinajstić information content (AvgIpc) is 3.27. The van der Waals surface area contributed by atoms with Crippen LogP contribution in [0.5, 0.6) is 0 Å². The number of rotatable bonds is 5. The Morgan fingerprint density at radius 2 is 1.50 bits per heavy atom. The van der Waals surface area contributed by atoms with Gasteiger partial charge < -0.3 is 25.0 Å². The second kappa shape index (κ2) is 11.3. The number of ether oxygens (including phenoxy) is 2. The molecule has 1 saturated heterocycles. The monoisotopic (exact) mass is 519 g/mol. The molecule has 0 unspecified atom stereocenters. The Kier molecular flexibility index (Phi) is 7.95. The van der Waals surface area contributed by atoms with Crippen LogP contribution in [0, 0.1) is 5.82 Å². The minimum Gasteiger partial charge on any atom is -0.455 e. The average molecular weight is 520 g/mol. The zero-order valence-electron chi connectivity index (χ0n) is 21.4. The third-order valence-corrected chi connectivity index (χ3v) is 5.84. The number of esters is 1. The van der Waals surface area contributed by atoms with Crippen molar-refractivity contribution in [2.75, 3.05) is 18.4 Å². The number of hydrogen-bond acceptors (Lipinski definition) is 5. The Hall–Kier alpha value is -4.40. The van der Waals surface area contributed by atoms with Gasteiger partial charge in [-0.3, -0.25) is 0 Å². The van der Waals surface area contributed by atoms with E-state index in [1.54, 1.807) is 39.0 Å². The van der Waals surface area contributed by atoms with Gasteiger partial charge in [-0.25, -0.2) is 18.8 Å². The van der Waals surface area contributed by atoms with Gasteiger partial charge in [0.15, 0.2) is 0 Å². The van der Waals surface area contributed by atoms with Crippen LogP contribution in [-0.4, -0.2) is 53.8 Å². The van der Waals surface area contributed by atoms with Crippen molar-refractivity contribution in [1.82, 2.24) is 10.2 Å². The van der Waals surface area contributed by atoms with Crippen LogP contribution in [0.4, 0.5) is 19.7 Å². The van der Waals surface area contributed by atoms with Crippen molar-refractivity contribution in [3.63, 3.8) is 0 Å². The van der Waals surface area contributed by atoms with E-state index >= 15 is 0 Å². The SMILES string of the molecule is CC(C)(C)OC(=O)N1C[C@H](NC(=O)Nc2ccccc2F)[C@@H](OC(=O)c2ccc(-c3ccccc3)cc2)C1. The van der Waals surface area contributed by atoms with Gasteiger partial charge in [0.25, 0.3) is 0 Å². The molecule has 3 aromatic carbocycles. The predicted molar refractivity (Wildman–Crippen MR) is 141 cm³/mol. The van der Waals surface area contributed by atoms with Gasteiger partial charge in [0.2, 0.25) is 0 Å². The molecule has 1 aliphatic heterocycles. The normalized spacial score (nSPS) is 17.0. The molecule has 0 radical (unpaired) electrons. The lowest BCUT2D eigenvalue weighted by atomic mass is 10.0. The summed E-state index contributed by atoms with van der Waals surface area (Å²) in [5, 5.41) is 5.14. The molecule has 3 aromatic rings. The fourth-order valence-corrected chi connectivity index (χ4v) is 4.03. The summed E-state index contributed by atoms with van der Waals surface area (Å²) in [7, 11) is 0. The number of para-hydroxylation sites is 1. The smallest absolute Gasteiger partial charge is 0.410 e. The zero-order chi connectivity index (χ0) is 27.3. The van der Waals surface area contributed by atoms with Gasteiger partial charge in [-0.2, -0.15) is 0 Å². The summed E-state index contributed by atoms with van der Waals surface area (Å²) in [5.74, 6) is -1.19. The molecule has 1 aliphatic rings. The standard InChI is InChI=1S/C29H30FN3O5/c1-29(2,3)38-28(36)33-17-24(32-27(35)31-23-12-8-7-11-22(23)30)25(18-33)37-26(34)21-15-13-20(14-16-21)19-9-5-4-6-10-19/h4-16,24-25H,17-18H2,1-3H3,(H2,31,32,35)/t24-,25-/m0/s1. The predicted octanol–water partition coefficient (Wildman–Crippen LogP) is 5.46. The lowest BCUT2D eigenvalue weighted by Crippen LogP contribution is -2.46. The number of likely N-dealkylation sites (tertiary alicyclic amines) is 1. The summed E-state index contributed by atoms with van der Waals surface area (Å²) < 4.78 is 25.2. The summed E-state index contributed by atoms with van der Waals surface area (Å²) in [6.07, 6.45) is -1.44. The second-order valence-electron chi connectivity index (χ2n) is 9.96. The largest absolute Gasteiger partial charge is 0.455 e. The van der Waals surface area contributed by atoms with Crippen LogP contribution in [0.2, 0.25) is 0 Å². The van der Waals surface area contributed by atoms with E-state index in [4.69, 9.17) is 9.47 Å². The van der Waals surface area contributed by atoms with Crippen LogP contribution < -0.4 is 10.6 Å². The van der Waals surface area contributed by atoms with Gasteiger partial charge >= 0.3 is 18.1 Å². The van der Waals surface area contributed by atoms with E-state index in [0.29, 0.717) is 5.56 Å². The third kappa shape index (κ3) is 6.88. The fraction of sp³-hybridized carbons (Fsp3) is 0.276. The van der Waals surface area contributed by atoms with E-state index in [-0.39, 0.29) is 18.8 Å². The van der Waals surface area contributed by atoms with Crippen molar-refractivity contribution in [2.24, 2.45) is 0 Å². The lowest BCUT2D eigenvalue weighted by Gasteiger charge is -2.24. The molecule has 2 N–H and O–H groups in total. The number of carbonyl (C=O) groups excluding carboxylic acids is 3. The van der Waals surface area contributed by atoms with Crippen LogP contribution in [0.3, 0.4) is 0 Å². The minimum atomic E-state index is -0.852. The van der Waals surface area contributed by atoms with Gasteiger partial charge in [-0.1, -0.05) is 54.6 Å². The molecule has 3 amide bonds. The number of urea groups is 1. The van der Waals surface area contributed by atoms with Gasteiger partial charge in [-0.05, 0) is 56.2 Å². The molecule has 8 nitrogen and oxygen atoms in total. The van der Waals surface area contributed by atoms with Crippen LogP contribution >= 0.6 is 0 Å². The fourth-order valence-electron chi connectivity index (χ4n) is 4.03. The topological polar surface area (TPSA) is 97.0 Å². The minimum absolute atomic E-state index is 0.000883. The zero-order valence-corrected chi connectivity index (χ0v) is 21.4. The number of hydrogen-bond donors (Lipinski definition) is 2. The quantitative estimate of drug-likeness (QED) is 0.437. The summed E-state index contributed by atoms with van der Waals surface area (Å²) in [5.41, 5.74) is 1.57. The highest BCUT2D eigenvalue weighted by Gasteiger charge is 2.40. The Labute approximate surface area is 220 Å². The third-order valence-electron chi connectivity index (χ3n) is 5.84. The van der Waals surface area contributed by atoms with Crippen molar-refractivity contribution in [3.8, 4) is 11.1 Å². The van der Waals surface area contributed by atoms with Gasteiger partial charge in [0, 0.05) is 6.54 Å². The van der Waals surface area contributed by atoms with Crippen LogP contribution in [0.15, 0.2) is 78.9 Å². The number of halogens is 1. The Morgan fingerprint density at radius 3 is 2.16 bits per heavy atom. The Morgan fingerprint density at radius 1 is 0.868 bits per heavy atom. The molecule has 38 heavy (non-hydrogen) atoms. The maximum Gasteiger partial charge on any atom is 0.410 e. The van der Waals surface area contributed by atoms with Crippen LogP contribution in [-0.2, 0) is 9.47 Å². The second-order valence-corrected chi connectivity index (χ2v) is 9.96. The van der Waals surface area contributed by atoms with E-state index in [1.807, 2.05) is 42.5 Å². The number of nitrogens with one attached hydrogen (secondary N) is 2. The highest BCUT2D eigenvalue weighted by atomic mass is 19.1. The molecule has 4 rings (SSSR count). The number of amides is 3. The van der Waals surface area contributed by atoms with Gasteiger partial charge in [0.1, 0.15) is 17.5 Å². The first-order valence-corrected chi connectivity index (χ1v) is 12.3. The van der Waals surface area contributed by atoms with E-state index in [2.05, 4.69) is 10.6 Å². The van der Waals surface area contributed by atoms with E-state index in [0.717, 1.165) is 11.1 Å². The lowest BCUT2D eigenvalue weighted by molar-refractivity contribution is 0.0180. The number of benzene rings is 3.